The number of rotatable bonds is 4. The minimum Gasteiger partial charge on any atom is -0.280 e. The van der Waals surface area contributed by atoms with Crippen LogP contribution in [0.2, 0.25) is 0 Å². The standard InChI is InChI=1S/C12H10Cl2F2O2/c1-11(2,9(13)17)7-3-5-8(6-4-7)12(15,16)10(14)18/h3-6H,1-2H3. The molecule has 0 atom stereocenters. The minimum absolute atomic E-state index is 0.476. The molecular formula is C12H10Cl2F2O2. The summed E-state index contributed by atoms with van der Waals surface area (Å²) < 4.78 is 26.6. The second-order valence-corrected chi connectivity index (χ2v) is 5.01. The molecule has 0 bridgehead atoms. The third-order valence-corrected chi connectivity index (χ3v) is 3.42. The first-order valence-corrected chi connectivity index (χ1v) is 5.74. The average Bonchev–Trinajstić information content (AvgIpc) is 2.28. The van der Waals surface area contributed by atoms with Gasteiger partial charge in [-0.05, 0) is 42.6 Å². The molecule has 0 heterocycles. The molecule has 0 N–H and O–H groups in total. The summed E-state index contributed by atoms with van der Waals surface area (Å²) in [5.41, 5.74) is -1.03. The maximum atomic E-state index is 13.3. The van der Waals surface area contributed by atoms with Crippen LogP contribution in [0, 0.1) is 0 Å². The van der Waals surface area contributed by atoms with Gasteiger partial charge in [-0.1, -0.05) is 24.3 Å². The first-order valence-electron chi connectivity index (χ1n) is 4.99. The summed E-state index contributed by atoms with van der Waals surface area (Å²) >= 11 is 10.2. The zero-order chi connectivity index (χ0) is 14.1. The number of hydrogen-bond donors (Lipinski definition) is 0. The lowest BCUT2D eigenvalue weighted by atomic mass is 9.85. The van der Waals surface area contributed by atoms with Gasteiger partial charge >= 0.3 is 5.92 Å². The van der Waals surface area contributed by atoms with Gasteiger partial charge in [-0.2, -0.15) is 8.78 Å². The number of carbonyl (C=O) groups is 2. The topological polar surface area (TPSA) is 34.1 Å². The van der Waals surface area contributed by atoms with Crippen molar-refractivity contribution >= 4 is 33.7 Å². The normalized spacial score (nSPS) is 12.3. The van der Waals surface area contributed by atoms with Crippen LogP contribution in [-0.2, 0) is 20.9 Å². The molecule has 98 valence electrons. The van der Waals surface area contributed by atoms with Crippen molar-refractivity contribution in [2.75, 3.05) is 0 Å². The highest BCUT2D eigenvalue weighted by Crippen LogP contribution is 2.33. The average molecular weight is 295 g/mol. The Kier molecular flexibility index (Phi) is 4.13. The lowest BCUT2D eigenvalue weighted by Gasteiger charge is -2.21. The van der Waals surface area contributed by atoms with Gasteiger partial charge in [0.1, 0.15) is 0 Å². The van der Waals surface area contributed by atoms with Crippen LogP contribution in [0.15, 0.2) is 24.3 Å². The van der Waals surface area contributed by atoms with Crippen LogP contribution >= 0.6 is 23.2 Å². The molecule has 0 aliphatic rings. The van der Waals surface area contributed by atoms with Crippen molar-refractivity contribution in [1.29, 1.82) is 0 Å². The van der Waals surface area contributed by atoms with Gasteiger partial charge in [0.15, 0.2) is 0 Å². The predicted octanol–water partition coefficient (Wildman–Crippen LogP) is 3.59. The van der Waals surface area contributed by atoms with Crippen molar-refractivity contribution in [3.63, 3.8) is 0 Å². The number of hydrogen-bond acceptors (Lipinski definition) is 2. The van der Waals surface area contributed by atoms with Gasteiger partial charge in [0.25, 0.3) is 5.24 Å². The Balaban J connectivity index is 3.16. The van der Waals surface area contributed by atoms with Gasteiger partial charge in [0.2, 0.25) is 5.24 Å². The monoisotopic (exact) mass is 294 g/mol. The van der Waals surface area contributed by atoms with Crippen molar-refractivity contribution in [3.8, 4) is 0 Å². The smallest absolute Gasteiger partial charge is 0.280 e. The first kappa shape index (κ1) is 15.1. The minimum atomic E-state index is -3.74. The van der Waals surface area contributed by atoms with E-state index in [1.54, 1.807) is 13.8 Å². The molecule has 0 amide bonds. The van der Waals surface area contributed by atoms with Crippen molar-refractivity contribution in [1.82, 2.24) is 0 Å². The molecule has 0 spiro atoms. The molecule has 2 nitrogen and oxygen atoms in total. The van der Waals surface area contributed by atoms with E-state index in [1.165, 1.54) is 12.1 Å². The molecule has 18 heavy (non-hydrogen) atoms. The summed E-state index contributed by atoms with van der Waals surface area (Å²) in [6.07, 6.45) is 0. The fraction of sp³-hybridized carbons (Fsp3) is 0.333. The Labute approximate surface area is 113 Å². The van der Waals surface area contributed by atoms with Crippen molar-refractivity contribution in [3.05, 3.63) is 35.4 Å². The van der Waals surface area contributed by atoms with Crippen molar-refractivity contribution in [2.45, 2.75) is 25.2 Å². The fourth-order valence-corrected chi connectivity index (χ4v) is 1.54. The Morgan fingerprint density at radius 3 is 1.67 bits per heavy atom. The highest BCUT2D eigenvalue weighted by atomic mass is 35.5. The summed E-state index contributed by atoms with van der Waals surface area (Å²) in [7, 11) is 0. The molecule has 0 aromatic heterocycles. The molecule has 1 aromatic carbocycles. The molecule has 0 fully saturated rings. The number of benzene rings is 1. The van der Waals surface area contributed by atoms with Crippen molar-refractivity contribution < 1.29 is 18.4 Å². The Morgan fingerprint density at radius 1 is 0.944 bits per heavy atom. The number of halogens is 4. The molecule has 1 rings (SSSR count). The Morgan fingerprint density at radius 2 is 1.33 bits per heavy atom. The van der Waals surface area contributed by atoms with Gasteiger partial charge in [-0.3, -0.25) is 9.59 Å². The van der Waals surface area contributed by atoms with Gasteiger partial charge < -0.3 is 0 Å². The van der Waals surface area contributed by atoms with E-state index in [-0.39, 0.29) is 0 Å². The van der Waals surface area contributed by atoms with Gasteiger partial charge in [0, 0.05) is 5.56 Å². The molecule has 0 radical (unpaired) electrons. The van der Waals surface area contributed by atoms with E-state index in [0.29, 0.717) is 5.56 Å². The van der Waals surface area contributed by atoms with Crippen LogP contribution in [0.5, 0.6) is 0 Å². The van der Waals surface area contributed by atoms with Crippen LogP contribution in [0.4, 0.5) is 8.78 Å². The number of alkyl halides is 2. The maximum Gasteiger partial charge on any atom is 0.345 e. The van der Waals surface area contributed by atoms with E-state index in [9.17, 15) is 18.4 Å². The molecule has 0 aliphatic carbocycles. The fourth-order valence-electron chi connectivity index (χ4n) is 1.32. The molecule has 0 aliphatic heterocycles. The molecule has 6 heteroatoms. The lowest BCUT2D eigenvalue weighted by molar-refractivity contribution is -0.135. The third-order valence-electron chi connectivity index (χ3n) is 2.71. The van der Waals surface area contributed by atoms with E-state index < -0.39 is 27.4 Å². The molecule has 1 aromatic rings. The molecular weight excluding hydrogens is 285 g/mol. The third kappa shape index (κ3) is 2.70. The summed E-state index contributed by atoms with van der Waals surface area (Å²) in [5.74, 6) is -3.74. The lowest BCUT2D eigenvalue weighted by Crippen LogP contribution is -2.25. The number of carbonyl (C=O) groups excluding carboxylic acids is 2. The highest BCUT2D eigenvalue weighted by molar-refractivity contribution is 6.65. The van der Waals surface area contributed by atoms with E-state index in [0.717, 1.165) is 12.1 Å². The highest BCUT2D eigenvalue weighted by Gasteiger charge is 2.39. The van der Waals surface area contributed by atoms with Crippen LogP contribution in [0.1, 0.15) is 25.0 Å². The second kappa shape index (κ2) is 4.94. The van der Waals surface area contributed by atoms with Crippen molar-refractivity contribution in [2.24, 2.45) is 0 Å². The van der Waals surface area contributed by atoms with Crippen LogP contribution < -0.4 is 0 Å². The van der Waals surface area contributed by atoms with Gasteiger partial charge in [0.05, 0.1) is 5.41 Å². The molecule has 0 saturated heterocycles. The quantitative estimate of drug-likeness (QED) is 0.795. The SMILES string of the molecule is CC(C)(C(=O)Cl)c1ccc(C(F)(F)C(=O)Cl)cc1. The predicted molar refractivity (Wildman–Crippen MR) is 65.1 cm³/mol. The molecule has 0 unspecified atom stereocenters. The van der Waals surface area contributed by atoms with E-state index in [2.05, 4.69) is 0 Å². The van der Waals surface area contributed by atoms with E-state index in [4.69, 9.17) is 23.2 Å². The summed E-state index contributed by atoms with van der Waals surface area (Å²) in [5, 5.41) is -2.35. The summed E-state index contributed by atoms with van der Waals surface area (Å²) in [4.78, 5) is 21.8. The first-order chi connectivity index (χ1) is 8.10. The second-order valence-electron chi connectivity index (χ2n) is 4.32. The van der Waals surface area contributed by atoms with Gasteiger partial charge in [-0.25, -0.2) is 0 Å². The van der Waals surface area contributed by atoms with Gasteiger partial charge in [-0.15, -0.1) is 0 Å². The van der Waals surface area contributed by atoms with Crippen LogP contribution in [-0.4, -0.2) is 10.5 Å². The maximum absolute atomic E-state index is 13.3. The summed E-state index contributed by atoms with van der Waals surface area (Å²) in [6.45, 7) is 3.14. The zero-order valence-electron chi connectivity index (χ0n) is 9.64. The Hall–Kier alpha value is -1.00. The molecule has 0 saturated carbocycles. The van der Waals surface area contributed by atoms with E-state index >= 15 is 0 Å². The largest absolute Gasteiger partial charge is 0.345 e. The Bertz CT molecular complexity index is 436. The van der Waals surface area contributed by atoms with Crippen LogP contribution in [0.3, 0.4) is 0 Å². The van der Waals surface area contributed by atoms with E-state index in [1.807, 2.05) is 0 Å². The van der Waals surface area contributed by atoms with Crippen LogP contribution in [0.25, 0.3) is 0 Å². The zero-order valence-corrected chi connectivity index (χ0v) is 11.1. The summed E-state index contributed by atoms with van der Waals surface area (Å²) in [6, 6.07) is 4.75.